The van der Waals surface area contributed by atoms with Crippen LogP contribution in [-0.4, -0.2) is 42.1 Å². The lowest BCUT2D eigenvalue weighted by molar-refractivity contribution is -0.139. The zero-order valence-corrected chi connectivity index (χ0v) is 11.4. The van der Waals surface area contributed by atoms with E-state index in [-0.39, 0.29) is 11.8 Å². The Labute approximate surface area is 103 Å². The third kappa shape index (κ3) is 3.67. The predicted octanol–water partition coefficient (Wildman–Crippen LogP) is 0.795. The van der Waals surface area contributed by atoms with Crippen LogP contribution >= 0.6 is 0 Å². The molecule has 2 unspecified atom stereocenters. The van der Waals surface area contributed by atoms with Gasteiger partial charge in [-0.25, -0.2) is 8.42 Å². The summed E-state index contributed by atoms with van der Waals surface area (Å²) in [5, 5.41) is 11.8. The van der Waals surface area contributed by atoms with Gasteiger partial charge >= 0.3 is 5.97 Å². The smallest absolute Gasteiger partial charge is 0.320 e. The van der Waals surface area contributed by atoms with Crippen molar-refractivity contribution < 1.29 is 18.3 Å². The highest BCUT2D eigenvalue weighted by Gasteiger charge is 2.32. The van der Waals surface area contributed by atoms with Crippen LogP contribution in [0.15, 0.2) is 0 Å². The van der Waals surface area contributed by atoms with Gasteiger partial charge < -0.3 is 10.4 Å². The minimum Gasteiger partial charge on any atom is -0.480 e. The van der Waals surface area contributed by atoms with Crippen LogP contribution < -0.4 is 5.32 Å². The second-order valence-electron chi connectivity index (χ2n) is 5.55. The van der Waals surface area contributed by atoms with Crippen molar-refractivity contribution in [2.75, 3.05) is 5.75 Å². The Kier molecular flexibility index (Phi) is 4.19. The van der Waals surface area contributed by atoms with E-state index in [2.05, 4.69) is 5.32 Å². The standard InChI is InChI=1S/C11H21NO4S/c1-11(2,3)17(15,16)7-6-8-4-5-9(12-8)10(13)14/h8-9,12H,4-7H2,1-3H3,(H,13,14). The maximum Gasteiger partial charge on any atom is 0.320 e. The highest BCUT2D eigenvalue weighted by atomic mass is 32.2. The van der Waals surface area contributed by atoms with Crippen molar-refractivity contribution in [3.8, 4) is 0 Å². The van der Waals surface area contributed by atoms with Gasteiger partial charge in [-0.3, -0.25) is 4.79 Å². The van der Waals surface area contributed by atoms with Crippen LogP contribution in [0.2, 0.25) is 0 Å². The molecule has 0 aromatic carbocycles. The molecule has 1 fully saturated rings. The quantitative estimate of drug-likeness (QED) is 0.783. The molecule has 1 saturated heterocycles. The molecule has 0 bridgehead atoms. The number of hydrogen-bond donors (Lipinski definition) is 2. The molecule has 5 nitrogen and oxygen atoms in total. The number of rotatable bonds is 4. The molecule has 0 spiro atoms. The molecule has 1 aliphatic heterocycles. The molecule has 0 aromatic rings. The maximum atomic E-state index is 11.9. The van der Waals surface area contributed by atoms with E-state index in [1.54, 1.807) is 20.8 Å². The molecule has 0 saturated carbocycles. The van der Waals surface area contributed by atoms with E-state index in [1.807, 2.05) is 0 Å². The Morgan fingerprint density at radius 3 is 2.35 bits per heavy atom. The molecule has 1 rings (SSSR count). The molecular formula is C11H21NO4S. The van der Waals surface area contributed by atoms with Crippen molar-refractivity contribution in [3.63, 3.8) is 0 Å². The molecule has 1 aliphatic rings. The summed E-state index contributed by atoms with van der Waals surface area (Å²) < 4.78 is 23.0. The largest absolute Gasteiger partial charge is 0.480 e. The summed E-state index contributed by atoms with van der Waals surface area (Å²) in [5.41, 5.74) is 0. The molecule has 0 aromatic heterocycles. The van der Waals surface area contributed by atoms with Crippen LogP contribution in [0.4, 0.5) is 0 Å². The monoisotopic (exact) mass is 263 g/mol. The average Bonchev–Trinajstić information content (AvgIpc) is 2.61. The van der Waals surface area contributed by atoms with Crippen LogP contribution in [0.5, 0.6) is 0 Å². The third-order valence-corrected chi connectivity index (χ3v) is 5.85. The van der Waals surface area contributed by atoms with E-state index in [4.69, 9.17) is 5.11 Å². The van der Waals surface area contributed by atoms with Crippen LogP contribution in [-0.2, 0) is 14.6 Å². The second kappa shape index (κ2) is 4.94. The van der Waals surface area contributed by atoms with E-state index in [1.165, 1.54) is 0 Å². The lowest BCUT2D eigenvalue weighted by Gasteiger charge is -2.20. The number of carboxylic acids is 1. The first kappa shape index (κ1) is 14.4. The van der Waals surface area contributed by atoms with Gasteiger partial charge in [0.25, 0.3) is 0 Å². The normalized spacial score (nSPS) is 26.1. The summed E-state index contributed by atoms with van der Waals surface area (Å²) in [6.07, 6.45) is 1.80. The zero-order chi connectivity index (χ0) is 13.3. The number of carbonyl (C=O) groups is 1. The van der Waals surface area contributed by atoms with Gasteiger partial charge in [-0.15, -0.1) is 0 Å². The third-order valence-electron chi connectivity index (χ3n) is 3.21. The molecule has 2 N–H and O–H groups in total. The van der Waals surface area contributed by atoms with Crippen molar-refractivity contribution in [2.24, 2.45) is 0 Å². The summed E-state index contributed by atoms with van der Waals surface area (Å²) >= 11 is 0. The van der Waals surface area contributed by atoms with E-state index in [0.29, 0.717) is 12.8 Å². The van der Waals surface area contributed by atoms with Gasteiger partial charge in [-0.05, 0) is 40.0 Å². The second-order valence-corrected chi connectivity index (χ2v) is 8.41. The van der Waals surface area contributed by atoms with Gasteiger partial charge in [-0.1, -0.05) is 0 Å². The highest BCUT2D eigenvalue weighted by molar-refractivity contribution is 7.92. The van der Waals surface area contributed by atoms with Crippen molar-refractivity contribution >= 4 is 15.8 Å². The zero-order valence-electron chi connectivity index (χ0n) is 10.6. The number of aliphatic carboxylic acids is 1. The fourth-order valence-corrected chi connectivity index (χ4v) is 3.05. The summed E-state index contributed by atoms with van der Waals surface area (Å²) in [7, 11) is -3.11. The predicted molar refractivity (Wildman–Crippen MR) is 65.7 cm³/mol. The van der Waals surface area contributed by atoms with Crippen molar-refractivity contribution in [2.45, 2.75) is 56.9 Å². The van der Waals surface area contributed by atoms with Crippen molar-refractivity contribution in [1.29, 1.82) is 0 Å². The van der Waals surface area contributed by atoms with Gasteiger partial charge in [0, 0.05) is 6.04 Å². The van der Waals surface area contributed by atoms with Crippen molar-refractivity contribution in [1.82, 2.24) is 5.32 Å². The Balaban J connectivity index is 2.46. The molecule has 6 heteroatoms. The molecule has 100 valence electrons. The van der Waals surface area contributed by atoms with Crippen LogP contribution in [0.1, 0.15) is 40.0 Å². The summed E-state index contributed by atoms with van der Waals surface area (Å²) in [6.45, 7) is 5.05. The minimum atomic E-state index is -3.11. The fraction of sp³-hybridized carbons (Fsp3) is 0.909. The number of hydrogen-bond acceptors (Lipinski definition) is 4. The summed E-state index contributed by atoms with van der Waals surface area (Å²) in [4.78, 5) is 10.7. The number of sulfone groups is 1. The highest BCUT2D eigenvalue weighted by Crippen LogP contribution is 2.20. The Hall–Kier alpha value is -0.620. The van der Waals surface area contributed by atoms with Gasteiger partial charge in [0.05, 0.1) is 10.5 Å². The lowest BCUT2D eigenvalue weighted by Crippen LogP contribution is -2.37. The molecule has 0 aliphatic carbocycles. The lowest BCUT2D eigenvalue weighted by atomic mass is 10.1. The molecule has 0 radical (unpaired) electrons. The van der Waals surface area contributed by atoms with E-state index in [0.717, 1.165) is 6.42 Å². The van der Waals surface area contributed by atoms with Crippen LogP contribution in [0.3, 0.4) is 0 Å². The first-order chi connectivity index (χ1) is 7.63. The fourth-order valence-electron chi connectivity index (χ4n) is 1.85. The van der Waals surface area contributed by atoms with Crippen LogP contribution in [0, 0.1) is 0 Å². The summed E-state index contributed by atoms with van der Waals surface area (Å²) in [5.74, 6) is -0.744. The molecular weight excluding hydrogens is 242 g/mol. The van der Waals surface area contributed by atoms with E-state index >= 15 is 0 Å². The SMILES string of the molecule is CC(C)(C)S(=O)(=O)CCC1CCC(C(=O)O)N1. The first-order valence-corrected chi connectivity index (χ1v) is 7.50. The van der Waals surface area contributed by atoms with Gasteiger partial charge in [-0.2, -0.15) is 0 Å². The van der Waals surface area contributed by atoms with Crippen LogP contribution in [0.25, 0.3) is 0 Å². The van der Waals surface area contributed by atoms with Crippen molar-refractivity contribution in [3.05, 3.63) is 0 Å². The van der Waals surface area contributed by atoms with Gasteiger partial charge in [0.1, 0.15) is 6.04 Å². The first-order valence-electron chi connectivity index (χ1n) is 5.84. The minimum absolute atomic E-state index is 0.00762. The molecule has 1 heterocycles. The summed E-state index contributed by atoms with van der Waals surface area (Å²) in [6, 6.07) is -0.509. The topological polar surface area (TPSA) is 83.5 Å². The Morgan fingerprint density at radius 2 is 1.94 bits per heavy atom. The van der Waals surface area contributed by atoms with E-state index in [9.17, 15) is 13.2 Å². The van der Waals surface area contributed by atoms with E-state index < -0.39 is 26.6 Å². The van der Waals surface area contributed by atoms with Gasteiger partial charge in [0.2, 0.25) is 0 Å². The van der Waals surface area contributed by atoms with Gasteiger partial charge in [0.15, 0.2) is 9.84 Å². The molecule has 2 atom stereocenters. The molecule has 17 heavy (non-hydrogen) atoms. The Bertz CT molecular complexity index is 383. The Morgan fingerprint density at radius 1 is 1.35 bits per heavy atom. The maximum absolute atomic E-state index is 11.9. The molecule has 0 amide bonds. The average molecular weight is 263 g/mol. The number of carboxylic acid groups (broad SMARTS) is 1. The number of nitrogens with one attached hydrogen (secondary N) is 1.